The van der Waals surface area contributed by atoms with E-state index in [9.17, 15) is 9.59 Å². The van der Waals surface area contributed by atoms with Crippen LogP contribution < -0.4 is 14.8 Å². The Morgan fingerprint density at radius 3 is 2.46 bits per heavy atom. The molecule has 0 spiro atoms. The maximum atomic E-state index is 12.7. The van der Waals surface area contributed by atoms with Crippen molar-refractivity contribution in [1.29, 1.82) is 0 Å². The third kappa shape index (κ3) is 5.25. The first-order chi connectivity index (χ1) is 13.5. The van der Waals surface area contributed by atoms with E-state index in [4.69, 9.17) is 14.2 Å². The van der Waals surface area contributed by atoms with Crippen molar-refractivity contribution < 1.29 is 23.8 Å². The van der Waals surface area contributed by atoms with Crippen LogP contribution >= 0.6 is 0 Å². The number of hydrogen-bond donors (Lipinski definition) is 1. The second-order valence-corrected chi connectivity index (χ2v) is 7.15. The summed E-state index contributed by atoms with van der Waals surface area (Å²) in [6.07, 6.45) is -0.338. The standard InChI is InChI=1S/C22H25NO5/c1-15(2)12-17(22(25)27-13-16-8-4-3-5-9-16)23-21(24)20-14-26-18-10-6-7-11-19(18)28-20/h3-11,15,17,20H,12-14H2,1-2H3,(H,23,24)/t17-,20?/m0/s1. The van der Waals surface area contributed by atoms with Crippen molar-refractivity contribution in [2.75, 3.05) is 6.61 Å². The highest BCUT2D eigenvalue weighted by Gasteiger charge is 2.31. The molecule has 1 amide bonds. The number of para-hydroxylation sites is 2. The molecule has 148 valence electrons. The second kappa shape index (κ2) is 9.26. The van der Waals surface area contributed by atoms with Gasteiger partial charge in [-0.25, -0.2) is 4.79 Å². The van der Waals surface area contributed by atoms with Crippen LogP contribution in [0.15, 0.2) is 54.6 Å². The summed E-state index contributed by atoms with van der Waals surface area (Å²) in [6, 6.07) is 15.9. The van der Waals surface area contributed by atoms with Gasteiger partial charge in [-0.3, -0.25) is 4.79 Å². The normalized spacial score (nSPS) is 16.3. The fourth-order valence-electron chi connectivity index (χ4n) is 2.93. The Labute approximate surface area is 164 Å². The van der Waals surface area contributed by atoms with Crippen LogP contribution in [0.1, 0.15) is 25.8 Å². The summed E-state index contributed by atoms with van der Waals surface area (Å²) >= 11 is 0. The van der Waals surface area contributed by atoms with Crippen molar-refractivity contribution in [1.82, 2.24) is 5.32 Å². The maximum absolute atomic E-state index is 12.7. The van der Waals surface area contributed by atoms with E-state index in [1.54, 1.807) is 12.1 Å². The minimum atomic E-state index is -0.813. The van der Waals surface area contributed by atoms with Crippen LogP contribution in [0.25, 0.3) is 0 Å². The molecule has 0 aliphatic carbocycles. The van der Waals surface area contributed by atoms with Gasteiger partial charge in [0.15, 0.2) is 11.5 Å². The number of carbonyl (C=O) groups excluding carboxylic acids is 2. The Hall–Kier alpha value is -3.02. The first-order valence-electron chi connectivity index (χ1n) is 9.42. The lowest BCUT2D eigenvalue weighted by atomic mass is 10.0. The Morgan fingerprint density at radius 2 is 1.75 bits per heavy atom. The number of rotatable bonds is 7. The minimum absolute atomic E-state index is 0.0936. The molecule has 0 saturated heterocycles. The van der Waals surface area contributed by atoms with Gasteiger partial charge in [0, 0.05) is 0 Å². The minimum Gasteiger partial charge on any atom is -0.485 e. The molecule has 1 aliphatic rings. The zero-order chi connectivity index (χ0) is 19.9. The average molecular weight is 383 g/mol. The van der Waals surface area contributed by atoms with Gasteiger partial charge in [-0.1, -0.05) is 56.3 Å². The van der Waals surface area contributed by atoms with Gasteiger partial charge in [0.05, 0.1) is 0 Å². The van der Waals surface area contributed by atoms with Crippen LogP contribution in [0.5, 0.6) is 11.5 Å². The second-order valence-electron chi connectivity index (χ2n) is 7.15. The van der Waals surface area contributed by atoms with Crippen LogP contribution in [0.4, 0.5) is 0 Å². The zero-order valence-corrected chi connectivity index (χ0v) is 16.1. The number of nitrogens with one attached hydrogen (secondary N) is 1. The molecule has 0 fully saturated rings. The van der Waals surface area contributed by atoms with E-state index in [1.165, 1.54) is 0 Å². The zero-order valence-electron chi connectivity index (χ0n) is 16.1. The van der Waals surface area contributed by atoms with Crippen molar-refractivity contribution in [2.45, 2.75) is 39.0 Å². The number of esters is 1. The maximum Gasteiger partial charge on any atom is 0.328 e. The highest BCUT2D eigenvalue weighted by molar-refractivity contribution is 5.87. The average Bonchev–Trinajstić information content (AvgIpc) is 2.71. The number of ether oxygens (including phenoxy) is 3. The summed E-state index contributed by atoms with van der Waals surface area (Å²) in [4.78, 5) is 25.2. The van der Waals surface area contributed by atoms with Crippen LogP contribution in [0.2, 0.25) is 0 Å². The third-order valence-corrected chi connectivity index (χ3v) is 4.33. The third-order valence-electron chi connectivity index (χ3n) is 4.33. The predicted molar refractivity (Wildman–Crippen MR) is 104 cm³/mol. The summed E-state index contributed by atoms with van der Waals surface area (Å²) in [6.45, 7) is 4.23. The van der Waals surface area contributed by atoms with Gasteiger partial charge in [0.2, 0.25) is 6.10 Å². The molecule has 2 aromatic carbocycles. The molecule has 6 nitrogen and oxygen atoms in total. The Kier molecular flexibility index (Phi) is 6.53. The number of hydrogen-bond acceptors (Lipinski definition) is 5. The molecule has 0 saturated carbocycles. The number of fused-ring (bicyclic) bond motifs is 1. The Balaban J connectivity index is 1.60. The SMILES string of the molecule is CC(C)C[C@H](NC(=O)C1COc2ccccc2O1)C(=O)OCc1ccccc1. The van der Waals surface area contributed by atoms with Gasteiger partial charge in [-0.15, -0.1) is 0 Å². The summed E-state index contributed by atoms with van der Waals surface area (Å²) in [5.74, 6) is 0.479. The smallest absolute Gasteiger partial charge is 0.328 e. The van der Waals surface area contributed by atoms with E-state index in [0.29, 0.717) is 17.9 Å². The molecule has 28 heavy (non-hydrogen) atoms. The fourth-order valence-corrected chi connectivity index (χ4v) is 2.93. The van der Waals surface area contributed by atoms with Crippen LogP contribution in [-0.4, -0.2) is 30.6 Å². The topological polar surface area (TPSA) is 73.9 Å². The first kappa shape index (κ1) is 19.7. The van der Waals surface area contributed by atoms with Crippen molar-refractivity contribution in [3.63, 3.8) is 0 Å². The Bertz CT molecular complexity index is 806. The molecular weight excluding hydrogens is 358 g/mol. The molecule has 0 radical (unpaired) electrons. The summed E-state index contributed by atoms with van der Waals surface area (Å²) in [7, 11) is 0. The predicted octanol–water partition coefficient (Wildman–Crippen LogP) is 3.10. The molecule has 6 heteroatoms. The van der Waals surface area contributed by atoms with Crippen LogP contribution in [0.3, 0.4) is 0 Å². The van der Waals surface area contributed by atoms with Crippen LogP contribution in [0, 0.1) is 5.92 Å². The van der Waals surface area contributed by atoms with Gasteiger partial charge in [-0.05, 0) is 30.0 Å². The molecule has 0 bridgehead atoms. The first-order valence-corrected chi connectivity index (χ1v) is 9.42. The molecule has 2 aromatic rings. The lowest BCUT2D eigenvalue weighted by Crippen LogP contribution is -2.50. The molecule has 1 aliphatic heterocycles. The summed E-state index contributed by atoms with van der Waals surface area (Å²) in [5.41, 5.74) is 0.895. The van der Waals surface area contributed by atoms with Crippen molar-refractivity contribution >= 4 is 11.9 Å². The van der Waals surface area contributed by atoms with Gasteiger partial charge >= 0.3 is 5.97 Å². The fraction of sp³-hybridized carbons (Fsp3) is 0.364. The molecule has 1 N–H and O–H groups in total. The Morgan fingerprint density at radius 1 is 1.07 bits per heavy atom. The van der Waals surface area contributed by atoms with Gasteiger partial charge in [0.25, 0.3) is 5.91 Å². The van der Waals surface area contributed by atoms with E-state index in [-0.39, 0.29) is 19.1 Å². The highest BCUT2D eigenvalue weighted by Crippen LogP contribution is 2.30. The molecule has 2 atom stereocenters. The van der Waals surface area contributed by atoms with Crippen molar-refractivity contribution in [3.05, 3.63) is 60.2 Å². The van der Waals surface area contributed by atoms with E-state index in [1.807, 2.05) is 56.3 Å². The van der Waals surface area contributed by atoms with Gasteiger partial charge in [0.1, 0.15) is 19.3 Å². The molecule has 0 aromatic heterocycles. The van der Waals surface area contributed by atoms with Crippen LogP contribution in [-0.2, 0) is 20.9 Å². The molecule has 1 heterocycles. The molecule has 3 rings (SSSR count). The highest BCUT2D eigenvalue weighted by atomic mass is 16.6. The molecule has 1 unspecified atom stereocenters. The monoisotopic (exact) mass is 383 g/mol. The largest absolute Gasteiger partial charge is 0.485 e. The van der Waals surface area contributed by atoms with E-state index in [0.717, 1.165) is 5.56 Å². The van der Waals surface area contributed by atoms with Crippen molar-refractivity contribution in [2.24, 2.45) is 5.92 Å². The quantitative estimate of drug-likeness (QED) is 0.744. The number of carbonyl (C=O) groups is 2. The summed E-state index contributed by atoms with van der Waals surface area (Å²) in [5, 5.41) is 2.77. The van der Waals surface area contributed by atoms with Crippen molar-refractivity contribution in [3.8, 4) is 11.5 Å². The van der Waals surface area contributed by atoms with Gasteiger partial charge < -0.3 is 19.5 Å². The lowest BCUT2D eigenvalue weighted by Gasteiger charge is -2.27. The van der Waals surface area contributed by atoms with E-state index < -0.39 is 24.0 Å². The van der Waals surface area contributed by atoms with E-state index >= 15 is 0 Å². The number of amides is 1. The summed E-state index contributed by atoms with van der Waals surface area (Å²) < 4.78 is 16.7. The molecular formula is C22H25NO5. The number of benzene rings is 2. The van der Waals surface area contributed by atoms with Gasteiger partial charge in [-0.2, -0.15) is 0 Å². The lowest BCUT2D eigenvalue weighted by molar-refractivity contribution is -0.150. The van der Waals surface area contributed by atoms with E-state index in [2.05, 4.69) is 5.32 Å².